The van der Waals surface area contributed by atoms with E-state index in [1.165, 1.54) is 6.07 Å². The Morgan fingerprint density at radius 1 is 0.923 bits per heavy atom. The van der Waals surface area contributed by atoms with Crippen molar-refractivity contribution in [3.63, 3.8) is 0 Å². The lowest BCUT2D eigenvalue weighted by Crippen LogP contribution is -2.32. The topological polar surface area (TPSA) is 52.6 Å². The monoisotopic (exact) mass is 358 g/mol. The van der Waals surface area contributed by atoms with E-state index in [1.54, 1.807) is 63.2 Å². The highest BCUT2D eigenvalue weighted by Crippen LogP contribution is 2.30. The fourth-order valence-electron chi connectivity index (χ4n) is 2.82. The molecular formula is C21H23FO4. The van der Waals surface area contributed by atoms with Crippen LogP contribution in [-0.2, 0) is 19.1 Å². The van der Waals surface area contributed by atoms with Crippen LogP contribution in [0.4, 0.5) is 4.39 Å². The molecule has 4 nitrogen and oxygen atoms in total. The molecule has 0 radical (unpaired) electrons. The number of esters is 2. The van der Waals surface area contributed by atoms with Gasteiger partial charge in [-0.05, 0) is 31.0 Å². The van der Waals surface area contributed by atoms with Crippen LogP contribution in [0, 0.1) is 11.7 Å². The van der Waals surface area contributed by atoms with Crippen LogP contribution >= 0.6 is 0 Å². The zero-order valence-corrected chi connectivity index (χ0v) is 15.2. The van der Waals surface area contributed by atoms with Gasteiger partial charge in [-0.25, -0.2) is 4.39 Å². The van der Waals surface area contributed by atoms with Gasteiger partial charge in [0.2, 0.25) is 0 Å². The molecule has 0 aliphatic rings. The van der Waals surface area contributed by atoms with Gasteiger partial charge < -0.3 is 9.47 Å². The molecule has 0 bridgehead atoms. The first-order chi connectivity index (χ1) is 12.5. The Bertz CT molecular complexity index is 737. The van der Waals surface area contributed by atoms with Gasteiger partial charge in [0.25, 0.3) is 0 Å². The number of hydrogen-bond donors (Lipinski definition) is 0. The maximum Gasteiger partial charge on any atom is 0.320 e. The molecule has 0 aliphatic heterocycles. The highest BCUT2D eigenvalue weighted by molar-refractivity contribution is 5.96. The van der Waals surface area contributed by atoms with Gasteiger partial charge >= 0.3 is 11.9 Å². The lowest BCUT2D eigenvalue weighted by atomic mass is 9.86. The highest BCUT2D eigenvalue weighted by atomic mass is 19.1. The van der Waals surface area contributed by atoms with Gasteiger partial charge in [-0.15, -0.1) is 0 Å². The fourth-order valence-corrected chi connectivity index (χ4v) is 2.82. The second kappa shape index (κ2) is 9.13. The number of ether oxygens (including phenoxy) is 2. The Hall–Kier alpha value is -2.69. The molecule has 2 rings (SSSR count). The first-order valence-corrected chi connectivity index (χ1v) is 8.67. The number of carbonyl (C=O) groups is 2. The molecule has 1 unspecified atom stereocenters. The van der Waals surface area contributed by atoms with Crippen LogP contribution in [0.5, 0.6) is 0 Å². The number of hydrogen-bond acceptors (Lipinski definition) is 4. The van der Waals surface area contributed by atoms with Gasteiger partial charge in [0.05, 0.1) is 13.2 Å². The molecule has 0 aromatic heterocycles. The molecular weight excluding hydrogens is 335 g/mol. The summed E-state index contributed by atoms with van der Waals surface area (Å²) < 4.78 is 24.0. The minimum atomic E-state index is -1.03. The van der Waals surface area contributed by atoms with Gasteiger partial charge in [-0.3, -0.25) is 9.59 Å². The molecule has 0 N–H and O–H groups in total. The van der Waals surface area contributed by atoms with E-state index < -0.39 is 23.8 Å². The molecule has 0 amide bonds. The van der Waals surface area contributed by atoms with Crippen LogP contribution < -0.4 is 0 Å². The molecule has 0 spiro atoms. The number of rotatable bonds is 7. The lowest BCUT2D eigenvalue weighted by Gasteiger charge is -2.21. The molecule has 2 aromatic carbocycles. The van der Waals surface area contributed by atoms with Gasteiger partial charge in [0.15, 0.2) is 5.92 Å². The third kappa shape index (κ3) is 4.48. The number of carbonyl (C=O) groups excluding carboxylic acids is 2. The Balaban J connectivity index is 2.28. The van der Waals surface area contributed by atoms with E-state index in [1.807, 2.05) is 0 Å². The third-order valence-corrected chi connectivity index (χ3v) is 4.20. The van der Waals surface area contributed by atoms with E-state index in [0.29, 0.717) is 5.56 Å². The van der Waals surface area contributed by atoms with Crippen LogP contribution in [0.2, 0.25) is 0 Å². The van der Waals surface area contributed by atoms with E-state index >= 15 is 0 Å². The van der Waals surface area contributed by atoms with Crippen molar-refractivity contribution in [2.45, 2.75) is 26.7 Å². The maximum absolute atomic E-state index is 13.9. The molecule has 0 heterocycles. The summed E-state index contributed by atoms with van der Waals surface area (Å²) in [6.45, 7) is 5.53. The smallest absolute Gasteiger partial charge is 0.320 e. The van der Waals surface area contributed by atoms with Gasteiger partial charge in [0.1, 0.15) is 5.82 Å². The van der Waals surface area contributed by atoms with Crippen LogP contribution in [0.15, 0.2) is 48.5 Å². The van der Waals surface area contributed by atoms with Crippen LogP contribution in [0.3, 0.4) is 0 Å². The SMILES string of the molecule is CCOC(=O)C(C(=O)OCC)C(C)c1ccc(-c2ccccc2F)cc1. The summed E-state index contributed by atoms with van der Waals surface area (Å²) in [5.41, 5.74) is 2.00. The number of benzene rings is 2. The van der Waals surface area contributed by atoms with Gasteiger partial charge in [-0.2, -0.15) is 0 Å². The quantitative estimate of drug-likeness (QED) is 0.546. The van der Waals surface area contributed by atoms with Crippen LogP contribution in [-0.4, -0.2) is 25.2 Å². The summed E-state index contributed by atoms with van der Waals surface area (Å²) in [6.07, 6.45) is 0. The van der Waals surface area contributed by atoms with Crippen LogP contribution in [0.25, 0.3) is 11.1 Å². The van der Waals surface area contributed by atoms with Crippen LogP contribution in [0.1, 0.15) is 32.3 Å². The summed E-state index contributed by atoms with van der Waals surface area (Å²) >= 11 is 0. The summed E-state index contributed by atoms with van der Waals surface area (Å²) in [7, 11) is 0. The molecule has 138 valence electrons. The average molecular weight is 358 g/mol. The summed E-state index contributed by atoms with van der Waals surface area (Å²) in [5, 5.41) is 0. The van der Waals surface area contributed by atoms with E-state index in [9.17, 15) is 14.0 Å². The van der Waals surface area contributed by atoms with Gasteiger partial charge in [-0.1, -0.05) is 49.4 Å². The molecule has 5 heteroatoms. The van der Waals surface area contributed by atoms with Gasteiger partial charge in [0, 0.05) is 11.5 Å². The van der Waals surface area contributed by atoms with Crippen molar-refractivity contribution in [1.82, 2.24) is 0 Å². The predicted molar refractivity (Wildman–Crippen MR) is 97.0 cm³/mol. The average Bonchev–Trinajstić information content (AvgIpc) is 2.63. The Morgan fingerprint density at radius 2 is 1.46 bits per heavy atom. The molecule has 0 fully saturated rings. The standard InChI is InChI=1S/C21H23FO4/c1-4-25-20(23)19(21(24)26-5-2)14(3)15-10-12-16(13-11-15)17-8-6-7-9-18(17)22/h6-14,19H,4-5H2,1-3H3. The molecule has 1 atom stereocenters. The number of halogens is 1. The zero-order valence-electron chi connectivity index (χ0n) is 15.2. The largest absolute Gasteiger partial charge is 0.465 e. The second-order valence-electron chi connectivity index (χ2n) is 5.87. The van der Waals surface area contributed by atoms with E-state index in [2.05, 4.69) is 0 Å². The van der Waals surface area contributed by atoms with Crippen molar-refractivity contribution in [2.75, 3.05) is 13.2 Å². The molecule has 0 saturated carbocycles. The van der Waals surface area contributed by atoms with Crippen molar-refractivity contribution in [1.29, 1.82) is 0 Å². The maximum atomic E-state index is 13.9. The minimum absolute atomic E-state index is 0.188. The molecule has 0 saturated heterocycles. The normalized spacial score (nSPS) is 11.9. The first kappa shape index (κ1) is 19.6. The second-order valence-corrected chi connectivity index (χ2v) is 5.87. The van der Waals surface area contributed by atoms with Crippen molar-refractivity contribution in [2.24, 2.45) is 5.92 Å². The molecule has 2 aromatic rings. The highest BCUT2D eigenvalue weighted by Gasteiger charge is 2.35. The fraction of sp³-hybridized carbons (Fsp3) is 0.333. The van der Waals surface area contributed by atoms with Crippen molar-refractivity contribution < 1.29 is 23.5 Å². The lowest BCUT2D eigenvalue weighted by molar-refractivity contribution is -0.162. The zero-order chi connectivity index (χ0) is 19.1. The summed E-state index contributed by atoms with van der Waals surface area (Å²) in [4.78, 5) is 24.5. The van der Waals surface area contributed by atoms with E-state index in [0.717, 1.165) is 11.1 Å². The minimum Gasteiger partial charge on any atom is -0.465 e. The van der Waals surface area contributed by atoms with Crippen molar-refractivity contribution in [3.05, 3.63) is 59.9 Å². The van der Waals surface area contributed by atoms with Crippen molar-refractivity contribution >= 4 is 11.9 Å². The third-order valence-electron chi connectivity index (χ3n) is 4.20. The predicted octanol–water partition coefficient (Wildman–Crippen LogP) is 4.34. The summed E-state index contributed by atoms with van der Waals surface area (Å²) in [6, 6.07) is 13.6. The van der Waals surface area contributed by atoms with E-state index in [-0.39, 0.29) is 19.0 Å². The molecule has 26 heavy (non-hydrogen) atoms. The summed E-state index contributed by atoms with van der Waals surface area (Å²) in [5.74, 6) is -2.96. The Labute approximate surface area is 152 Å². The van der Waals surface area contributed by atoms with Crippen molar-refractivity contribution in [3.8, 4) is 11.1 Å². The van der Waals surface area contributed by atoms with E-state index in [4.69, 9.17) is 9.47 Å². The Morgan fingerprint density at radius 3 is 1.96 bits per heavy atom. The first-order valence-electron chi connectivity index (χ1n) is 8.67. The Kier molecular flexibility index (Phi) is 6.89. The molecule has 0 aliphatic carbocycles.